The molecule has 0 spiro atoms. The van der Waals surface area contributed by atoms with Crippen LogP contribution in [0.4, 0.5) is 5.13 Å². The molecule has 16 heavy (non-hydrogen) atoms. The fraction of sp³-hybridized carbons (Fsp3) is 0.750. The third kappa shape index (κ3) is 3.46. The normalized spacial score (nSPS) is 14.8. The molecule has 1 rings (SSSR count). The summed E-state index contributed by atoms with van der Waals surface area (Å²) in [6, 6.07) is 0.0913. The SMILES string of the molecule is CCC(C)CN(CC)c1ncc(C(C)N)s1. The van der Waals surface area contributed by atoms with Crippen LogP contribution in [0.25, 0.3) is 0 Å². The Balaban J connectivity index is 2.71. The Morgan fingerprint density at radius 2 is 2.12 bits per heavy atom. The van der Waals surface area contributed by atoms with E-state index in [1.165, 1.54) is 6.42 Å². The second kappa shape index (κ2) is 6.21. The highest BCUT2D eigenvalue weighted by molar-refractivity contribution is 7.15. The van der Waals surface area contributed by atoms with Gasteiger partial charge in [-0.2, -0.15) is 0 Å². The van der Waals surface area contributed by atoms with Gasteiger partial charge in [-0.1, -0.05) is 20.3 Å². The van der Waals surface area contributed by atoms with E-state index in [-0.39, 0.29) is 6.04 Å². The monoisotopic (exact) mass is 241 g/mol. The third-order valence-electron chi connectivity index (χ3n) is 2.84. The van der Waals surface area contributed by atoms with E-state index in [0.29, 0.717) is 5.92 Å². The summed E-state index contributed by atoms with van der Waals surface area (Å²) >= 11 is 1.72. The van der Waals surface area contributed by atoms with Gasteiger partial charge in [0.25, 0.3) is 0 Å². The van der Waals surface area contributed by atoms with E-state index in [4.69, 9.17) is 5.73 Å². The minimum absolute atomic E-state index is 0.0913. The van der Waals surface area contributed by atoms with Gasteiger partial charge in [-0.3, -0.25) is 0 Å². The highest BCUT2D eigenvalue weighted by Crippen LogP contribution is 2.26. The Morgan fingerprint density at radius 1 is 1.44 bits per heavy atom. The summed E-state index contributed by atoms with van der Waals surface area (Å²) in [6.07, 6.45) is 3.12. The van der Waals surface area contributed by atoms with Gasteiger partial charge in [0, 0.05) is 30.2 Å². The molecule has 0 aliphatic carbocycles. The molecule has 4 heteroatoms. The number of rotatable bonds is 6. The van der Waals surface area contributed by atoms with Crippen LogP contribution in [-0.4, -0.2) is 18.1 Å². The molecule has 0 aromatic carbocycles. The molecule has 1 heterocycles. The first kappa shape index (κ1) is 13.5. The fourth-order valence-corrected chi connectivity index (χ4v) is 2.42. The van der Waals surface area contributed by atoms with Crippen molar-refractivity contribution in [3.8, 4) is 0 Å². The van der Waals surface area contributed by atoms with Crippen molar-refractivity contribution in [2.24, 2.45) is 11.7 Å². The zero-order valence-electron chi connectivity index (χ0n) is 10.7. The van der Waals surface area contributed by atoms with Crippen molar-refractivity contribution < 1.29 is 0 Å². The lowest BCUT2D eigenvalue weighted by molar-refractivity contribution is 0.547. The molecule has 0 saturated carbocycles. The average Bonchev–Trinajstić information content (AvgIpc) is 2.74. The molecule has 0 fully saturated rings. The molecule has 92 valence electrons. The summed E-state index contributed by atoms with van der Waals surface area (Å²) < 4.78 is 0. The number of nitrogens with two attached hydrogens (primary N) is 1. The number of hydrogen-bond acceptors (Lipinski definition) is 4. The highest BCUT2D eigenvalue weighted by atomic mass is 32.1. The van der Waals surface area contributed by atoms with E-state index in [9.17, 15) is 0 Å². The lowest BCUT2D eigenvalue weighted by Gasteiger charge is -2.23. The molecule has 2 N–H and O–H groups in total. The summed E-state index contributed by atoms with van der Waals surface area (Å²) in [4.78, 5) is 7.96. The van der Waals surface area contributed by atoms with Crippen LogP contribution in [0.3, 0.4) is 0 Å². The van der Waals surface area contributed by atoms with E-state index in [2.05, 4.69) is 30.7 Å². The molecular formula is C12H23N3S. The maximum absolute atomic E-state index is 5.85. The number of anilines is 1. The minimum atomic E-state index is 0.0913. The van der Waals surface area contributed by atoms with Gasteiger partial charge in [-0.05, 0) is 19.8 Å². The van der Waals surface area contributed by atoms with Crippen molar-refractivity contribution in [3.05, 3.63) is 11.1 Å². The van der Waals surface area contributed by atoms with E-state index in [1.54, 1.807) is 11.3 Å². The van der Waals surface area contributed by atoms with Gasteiger partial charge in [0.05, 0.1) is 0 Å². The summed E-state index contributed by atoms with van der Waals surface area (Å²) in [5.41, 5.74) is 5.85. The van der Waals surface area contributed by atoms with Gasteiger partial charge in [0.15, 0.2) is 5.13 Å². The minimum Gasteiger partial charge on any atom is -0.348 e. The molecule has 1 aromatic heterocycles. The van der Waals surface area contributed by atoms with Crippen LogP contribution in [0, 0.1) is 5.92 Å². The second-order valence-electron chi connectivity index (χ2n) is 4.39. The molecule has 0 aliphatic rings. The van der Waals surface area contributed by atoms with Gasteiger partial charge in [0.1, 0.15) is 0 Å². The molecule has 0 amide bonds. The Morgan fingerprint density at radius 3 is 2.56 bits per heavy atom. The van der Waals surface area contributed by atoms with Crippen molar-refractivity contribution in [2.45, 2.75) is 40.2 Å². The van der Waals surface area contributed by atoms with Gasteiger partial charge in [-0.25, -0.2) is 4.98 Å². The number of thiazole rings is 1. The first-order valence-corrected chi connectivity index (χ1v) is 6.86. The second-order valence-corrected chi connectivity index (χ2v) is 5.43. The zero-order chi connectivity index (χ0) is 12.1. The van der Waals surface area contributed by atoms with E-state index >= 15 is 0 Å². The maximum Gasteiger partial charge on any atom is 0.185 e. The molecule has 0 saturated heterocycles. The van der Waals surface area contributed by atoms with Crippen molar-refractivity contribution >= 4 is 16.5 Å². The van der Waals surface area contributed by atoms with E-state index < -0.39 is 0 Å². The van der Waals surface area contributed by atoms with Gasteiger partial charge in [0.2, 0.25) is 0 Å². The van der Waals surface area contributed by atoms with Crippen LogP contribution < -0.4 is 10.6 Å². The summed E-state index contributed by atoms with van der Waals surface area (Å²) in [7, 11) is 0. The fourth-order valence-electron chi connectivity index (χ4n) is 1.48. The topological polar surface area (TPSA) is 42.2 Å². The van der Waals surface area contributed by atoms with Crippen molar-refractivity contribution in [1.29, 1.82) is 0 Å². The Labute approximate surface area is 103 Å². The Bertz CT molecular complexity index is 309. The molecule has 1 aromatic rings. The summed E-state index contributed by atoms with van der Waals surface area (Å²) in [6.45, 7) is 10.8. The van der Waals surface area contributed by atoms with Crippen molar-refractivity contribution in [3.63, 3.8) is 0 Å². The van der Waals surface area contributed by atoms with Crippen LogP contribution >= 0.6 is 11.3 Å². The van der Waals surface area contributed by atoms with Crippen LogP contribution in [0.5, 0.6) is 0 Å². The highest BCUT2D eigenvalue weighted by Gasteiger charge is 2.13. The number of nitrogens with zero attached hydrogens (tertiary/aromatic N) is 2. The molecule has 0 radical (unpaired) electrons. The predicted octanol–water partition coefficient (Wildman–Crippen LogP) is 3.04. The van der Waals surface area contributed by atoms with E-state index in [0.717, 1.165) is 23.1 Å². The largest absolute Gasteiger partial charge is 0.348 e. The summed E-state index contributed by atoms with van der Waals surface area (Å²) in [5, 5.41) is 1.11. The molecule has 0 aliphatic heterocycles. The standard InChI is InChI=1S/C12H23N3S/c1-5-9(3)8-15(6-2)12-14-7-11(16-12)10(4)13/h7,9-10H,5-6,8,13H2,1-4H3. The predicted molar refractivity (Wildman–Crippen MR) is 72.1 cm³/mol. The van der Waals surface area contributed by atoms with Crippen LogP contribution in [0.15, 0.2) is 6.20 Å². The Hall–Kier alpha value is -0.610. The molecule has 2 atom stereocenters. The lowest BCUT2D eigenvalue weighted by Crippen LogP contribution is -2.27. The van der Waals surface area contributed by atoms with Crippen LogP contribution in [0.1, 0.15) is 45.0 Å². The molecule has 0 bridgehead atoms. The van der Waals surface area contributed by atoms with Gasteiger partial charge >= 0.3 is 0 Å². The van der Waals surface area contributed by atoms with Crippen LogP contribution in [0.2, 0.25) is 0 Å². The van der Waals surface area contributed by atoms with E-state index in [1.807, 2.05) is 13.1 Å². The molecule has 2 unspecified atom stereocenters. The third-order valence-corrected chi connectivity index (χ3v) is 4.10. The Kier molecular flexibility index (Phi) is 5.22. The first-order valence-electron chi connectivity index (χ1n) is 6.04. The smallest absolute Gasteiger partial charge is 0.185 e. The maximum atomic E-state index is 5.85. The quantitative estimate of drug-likeness (QED) is 0.832. The number of aromatic nitrogens is 1. The van der Waals surface area contributed by atoms with Crippen molar-refractivity contribution in [2.75, 3.05) is 18.0 Å². The van der Waals surface area contributed by atoms with Crippen LogP contribution in [-0.2, 0) is 0 Å². The first-order chi connectivity index (χ1) is 7.58. The summed E-state index contributed by atoms with van der Waals surface area (Å²) in [5.74, 6) is 0.711. The average molecular weight is 241 g/mol. The lowest BCUT2D eigenvalue weighted by atomic mass is 10.1. The number of hydrogen-bond donors (Lipinski definition) is 1. The molecular weight excluding hydrogens is 218 g/mol. The van der Waals surface area contributed by atoms with Crippen molar-refractivity contribution in [1.82, 2.24) is 4.98 Å². The molecule has 3 nitrogen and oxygen atoms in total. The van der Waals surface area contributed by atoms with Gasteiger partial charge < -0.3 is 10.6 Å². The van der Waals surface area contributed by atoms with Gasteiger partial charge in [-0.15, -0.1) is 11.3 Å². The zero-order valence-corrected chi connectivity index (χ0v) is 11.5.